The molecular formula is C35H36FN3O2. The second kappa shape index (κ2) is 13.4. The van der Waals surface area contributed by atoms with E-state index in [0.29, 0.717) is 18.7 Å². The number of halogens is 1. The van der Waals surface area contributed by atoms with Gasteiger partial charge in [0.15, 0.2) is 0 Å². The Balaban J connectivity index is 1.25. The summed E-state index contributed by atoms with van der Waals surface area (Å²) >= 11 is 0. The molecule has 0 saturated carbocycles. The lowest BCUT2D eigenvalue weighted by Gasteiger charge is -2.40. The monoisotopic (exact) mass is 549 g/mol. The minimum absolute atomic E-state index is 0.0396. The molecule has 0 radical (unpaired) electrons. The zero-order valence-corrected chi connectivity index (χ0v) is 23.4. The van der Waals surface area contributed by atoms with Crippen molar-refractivity contribution in [2.75, 3.05) is 32.7 Å². The Labute approximate surface area is 241 Å². The summed E-state index contributed by atoms with van der Waals surface area (Å²) in [6.07, 6.45) is 0.227. The zero-order valence-electron chi connectivity index (χ0n) is 23.4. The highest BCUT2D eigenvalue weighted by molar-refractivity contribution is 5.94. The molecule has 1 unspecified atom stereocenters. The van der Waals surface area contributed by atoms with Crippen molar-refractivity contribution in [1.29, 1.82) is 0 Å². The van der Waals surface area contributed by atoms with Crippen molar-refractivity contribution in [3.8, 4) is 0 Å². The predicted molar refractivity (Wildman–Crippen MR) is 160 cm³/mol. The first-order valence-electron chi connectivity index (χ1n) is 14.2. The molecule has 0 aromatic heterocycles. The van der Waals surface area contributed by atoms with Crippen molar-refractivity contribution in [1.82, 2.24) is 14.7 Å². The molecule has 0 N–H and O–H groups in total. The molecule has 5 rings (SSSR count). The highest BCUT2D eigenvalue weighted by Gasteiger charge is 2.29. The first-order valence-corrected chi connectivity index (χ1v) is 14.2. The van der Waals surface area contributed by atoms with E-state index < -0.39 is 0 Å². The summed E-state index contributed by atoms with van der Waals surface area (Å²) in [6.45, 7) is 5.04. The Hall–Kier alpha value is -4.29. The van der Waals surface area contributed by atoms with Crippen LogP contribution < -0.4 is 0 Å². The highest BCUT2D eigenvalue weighted by Crippen LogP contribution is 2.30. The standard InChI is InChI=1S/C35H36FN3O2/c1-27(28-11-5-2-6-12-28)39(35(41)31-17-19-32(36)20-18-31)22-21-33(40)37-23-25-38(26-24-37)34(29-13-7-3-8-14-29)30-15-9-4-10-16-30/h2-20,27,34H,21-26H2,1H3. The maximum Gasteiger partial charge on any atom is 0.254 e. The van der Waals surface area contributed by atoms with Gasteiger partial charge in [-0.2, -0.15) is 0 Å². The molecule has 4 aromatic rings. The van der Waals surface area contributed by atoms with Crippen LogP contribution in [0.15, 0.2) is 115 Å². The van der Waals surface area contributed by atoms with Crippen LogP contribution in [0.2, 0.25) is 0 Å². The van der Waals surface area contributed by atoms with Crippen molar-refractivity contribution >= 4 is 11.8 Å². The second-order valence-corrected chi connectivity index (χ2v) is 10.5. The average molecular weight is 550 g/mol. The van der Waals surface area contributed by atoms with E-state index >= 15 is 0 Å². The number of benzene rings is 4. The van der Waals surface area contributed by atoms with Crippen LogP contribution in [0, 0.1) is 5.82 Å². The second-order valence-electron chi connectivity index (χ2n) is 10.5. The maximum atomic E-state index is 13.5. The van der Waals surface area contributed by atoms with E-state index in [2.05, 4.69) is 53.4 Å². The third kappa shape index (κ3) is 6.90. The van der Waals surface area contributed by atoms with Gasteiger partial charge >= 0.3 is 0 Å². The van der Waals surface area contributed by atoms with E-state index in [1.807, 2.05) is 54.3 Å². The van der Waals surface area contributed by atoms with Gasteiger partial charge in [-0.05, 0) is 47.9 Å². The average Bonchev–Trinajstić information content (AvgIpc) is 3.03. The van der Waals surface area contributed by atoms with Crippen LogP contribution in [-0.2, 0) is 4.79 Å². The number of hydrogen-bond acceptors (Lipinski definition) is 3. The third-order valence-corrected chi connectivity index (χ3v) is 7.93. The minimum Gasteiger partial charge on any atom is -0.340 e. The third-order valence-electron chi connectivity index (χ3n) is 7.93. The van der Waals surface area contributed by atoms with Crippen molar-refractivity contribution in [3.63, 3.8) is 0 Å². The molecule has 1 aliphatic rings. The molecule has 1 aliphatic heterocycles. The van der Waals surface area contributed by atoms with Crippen LogP contribution in [-0.4, -0.2) is 59.2 Å². The van der Waals surface area contributed by atoms with E-state index in [-0.39, 0.29) is 42.7 Å². The molecule has 0 bridgehead atoms. The topological polar surface area (TPSA) is 43.9 Å². The van der Waals surface area contributed by atoms with Crippen molar-refractivity contribution < 1.29 is 14.0 Å². The van der Waals surface area contributed by atoms with Crippen LogP contribution in [0.4, 0.5) is 4.39 Å². The molecule has 1 fully saturated rings. The minimum atomic E-state index is -0.389. The fourth-order valence-corrected chi connectivity index (χ4v) is 5.63. The molecule has 41 heavy (non-hydrogen) atoms. The molecule has 1 heterocycles. The summed E-state index contributed by atoms with van der Waals surface area (Å²) in [5.41, 5.74) is 3.87. The van der Waals surface area contributed by atoms with Gasteiger partial charge in [0, 0.05) is 44.7 Å². The Morgan fingerprint density at radius 2 is 1.20 bits per heavy atom. The number of carbonyl (C=O) groups excluding carboxylic acids is 2. The number of piperazine rings is 1. The molecule has 210 valence electrons. The van der Waals surface area contributed by atoms with Crippen LogP contribution >= 0.6 is 0 Å². The first-order chi connectivity index (χ1) is 20.0. The molecule has 5 nitrogen and oxygen atoms in total. The van der Waals surface area contributed by atoms with E-state index in [0.717, 1.165) is 18.7 Å². The van der Waals surface area contributed by atoms with Gasteiger partial charge in [-0.3, -0.25) is 14.5 Å². The SMILES string of the molecule is CC(c1ccccc1)N(CCC(=O)N1CCN(C(c2ccccc2)c2ccccc2)CC1)C(=O)c1ccc(F)cc1. The fraction of sp³-hybridized carbons (Fsp3) is 0.257. The van der Waals surface area contributed by atoms with Gasteiger partial charge in [0.1, 0.15) is 5.82 Å². The normalized spacial score (nSPS) is 14.6. The van der Waals surface area contributed by atoms with Crippen molar-refractivity contribution in [2.24, 2.45) is 0 Å². The van der Waals surface area contributed by atoms with E-state index in [1.54, 1.807) is 4.90 Å². The Bertz CT molecular complexity index is 1370. The van der Waals surface area contributed by atoms with Gasteiger partial charge < -0.3 is 9.80 Å². The molecule has 0 aliphatic carbocycles. The Morgan fingerprint density at radius 1 is 0.707 bits per heavy atom. The summed E-state index contributed by atoms with van der Waals surface area (Å²) < 4.78 is 13.5. The molecule has 2 amide bonds. The molecule has 0 spiro atoms. The highest BCUT2D eigenvalue weighted by atomic mass is 19.1. The van der Waals surface area contributed by atoms with Crippen molar-refractivity contribution in [3.05, 3.63) is 143 Å². The lowest BCUT2D eigenvalue weighted by Crippen LogP contribution is -2.50. The fourth-order valence-electron chi connectivity index (χ4n) is 5.63. The summed E-state index contributed by atoms with van der Waals surface area (Å²) in [5.74, 6) is -0.564. The summed E-state index contributed by atoms with van der Waals surface area (Å²) in [4.78, 5) is 33.0. The molecule has 1 atom stereocenters. The predicted octanol–water partition coefficient (Wildman–Crippen LogP) is 6.35. The first kappa shape index (κ1) is 28.2. The number of amides is 2. The van der Waals surface area contributed by atoms with E-state index in [1.165, 1.54) is 35.4 Å². The van der Waals surface area contributed by atoms with Gasteiger partial charge in [-0.15, -0.1) is 0 Å². The van der Waals surface area contributed by atoms with Crippen molar-refractivity contribution in [2.45, 2.75) is 25.4 Å². The van der Waals surface area contributed by atoms with Gasteiger partial charge in [0.25, 0.3) is 5.91 Å². The number of rotatable bonds is 9. The number of hydrogen-bond donors (Lipinski definition) is 0. The smallest absolute Gasteiger partial charge is 0.254 e. The number of nitrogens with zero attached hydrogens (tertiary/aromatic N) is 3. The summed E-state index contributed by atoms with van der Waals surface area (Å²) in [6, 6.07) is 36.2. The number of carbonyl (C=O) groups is 2. The Kier molecular flexibility index (Phi) is 9.22. The van der Waals surface area contributed by atoms with Crippen LogP contribution in [0.5, 0.6) is 0 Å². The van der Waals surface area contributed by atoms with Gasteiger partial charge in [-0.1, -0.05) is 91.0 Å². The Morgan fingerprint density at radius 3 is 1.71 bits per heavy atom. The lowest BCUT2D eigenvalue weighted by atomic mass is 9.96. The maximum absolute atomic E-state index is 13.5. The molecule has 6 heteroatoms. The van der Waals surface area contributed by atoms with E-state index in [9.17, 15) is 14.0 Å². The van der Waals surface area contributed by atoms with Crippen LogP contribution in [0.1, 0.15) is 52.5 Å². The molecular weight excluding hydrogens is 513 g/mol. The zero-order chi connectivity index (χ0) is 28.6. The molecule has 1 saturated heterocycles. The van der Waals surface area contributed by atoms with E-state index in [4.69, 9.17) is 0 Å². The summed E-state index contributed by atoms with van der Waals surface area (Å²) in [5, 5.41) is 0. The van der Waals surface area contributed by atoms with Crippen LogP contribution in [0.25, 0.3) is 0 Å². The lowest BCUT2D eigenvalue weighted by molar-refractivity contribution is -0.133. The van der Waals surface area contributed by atoms with Gasteiger partial charge in [-0.25, -0.2) is 4.39 Å². The summed E-state index contributed by atoms with van der Waals surface area (Å²) in [7, 11) is 0. The largest absolute Gasteiger partial charge is 0.340 e. The molecule has 4 aromatic carbocycles. The van der Waals surface area contributed by atoms with Crippen LogP contribution in [0.3, 0.4) is 0 Å². The quantitative estimate of drug-likeness (QED) is 0.244. The van der Waals surface area contributed by atoms with Gasteiger partial charge in [0.2, 0.25) is 5.91 Å². The van der Waals surface area contributed by atoms with Gasteiger partial charge in [0.05, 0.1) is 12.1 Å².